The molecule has 1 aliphatic heterocycles. The first-order valence-corrected chi connectivity index (χ1v) is 4.31. The summed E-state index contributed by atoms with van der Waals surface area (Å²) in [7, 11) is 0. The summed E-state index contributed by atoms with van der Waals surface area (Å²) < 4.78 is 10.6. The summed E-state index contributed by atoms with van der Waals surface area (Å²) in [6.07, 6.45) is -0.850. The van der Waals surface area contributed by atoms with Crippen molar-refractivity contribution in [2.75, 3.05) is 13.2 Å². The van der Waals surface area contributed by atoms with Crippen LogP contribution in [-0.4, -0.2) is 18.3 Å². The molecule has 0 spiro atoms. The zero-order valence-corrected chi connectivity index (χ0v) is 7.49. The molecule has 1 aromatic carbocycles. The van der Waals surface area contributed by atoms with Crippen LogP contribution in [0.4, 0.5) is 0 Å². The Bertz CT molecular complexity index is 309. The van der Waals surface area contributed by atoms with Gasteiger partial charge in [0.15, 0.2) is 6.29 Å². The van der Waals surface area contributed by atoms with E-state index in [1.807, 2.05) is 25.1 Å². The van der Waals surface area contributed by atoms with Gasteiger partial charge in [0.2, 0.25) is 0 Å². The highest BCUT2D eigenvalue weighted by atomic mass is 16.6. The molecule has 13 heavy (non-hydrogen) atoms. The highest BCUT2D eigenvalue weighted by molar-refractivity contribution is 5.41. The summed E-state index contributed by atoms with van der Waals surface area (Å²) >= 11 is 0. The molecule has 1 aromatic rings. The first-order valence-electron chi connectivity index (χ1n) is 4.31. The van der Waals surface area contributed by atoms with Crippen molar-refractivity contribution in [2.24, 2.45) is 0 Å². The number of aliphatic hydroxyl groups is 1. The minimum Gasteiger partial charge on any atom is -0.490 e. The topological polar surface area (TPSA) is 38.7 Å². The fourth-order valence-electron chi connectivity index (χ4n) is 1.46. The number of rotatable bonds is 0. The molecule has 0 amide bonds. The number of hydrogen-bond donors (Lipinski definition) is 1. The van der Waals surface area contributed by atoms with E-state index < -0.39 is 6.29 Å². The van der Waals surface area contributed by atoms with Crippen molar-refractivity contribution < 1.29 is 14.6 Å². The Kier molecular flexibility index (Phi) is 2.20. The zero-order valence-electron chi connectivity index (χ0n) is 7.49. The second-order valence-corrected chi connectivity index (χ2v) is 3.06. The third-order valence-corrected chi connectivity index (χ3v) is 2.11. The van der Waals surface area contributed by atoms with Crippen LogP contribution in [0.3, 0.4) is 0 Å². The Balaban J connectivity index is 2.47. The van der Waals surface area contributed by atoms with Crippen LogP contribution in [-0.2, 0) is 4.74 Å². The van der Waals surface area contributed by atoms with Crippen LogP contribution in [0, 0.1) is 6.92 Å². The molecule has 1 atom stereocenters. The molecule has 0 saturated carbocycles. The second kappa shape index (κ2) is 3.36. The third kappa shape index (κ3) is 1.53. The van der Waals surface area contributed by atoms with Gasteiger partial charge in [0.05, 0.1) is 6.61 Å². The Morgan fingerprint density at radius 2 is 2.23 bits per heavy atom. The molecular formula is C10H12O3. The Morgan fingerprint density at radius 1 is 1.38 bits per heavy atom. The van der Waals surface area contributed by atoms with Crippen LogP contribution in [0.25, 0.3) is 0 Å². The average Bonchev–Trinajstić information content (AvgIpc) is 2.30. The van der Waals surface area contributed by atoms with E-state index in [1.165, 1.54) is 0 Å². The molecule has 0 fully saturated rings. The molecule has 3 nitrogen and oxygen atoms in total. The maximum absolute atomic E-state index is 9.56. The lowest BCUT2D eigenvalue weighted by atomic mass is 10.1. The van der Waals surface area contributed by atoms with Gasteiger partial charge in [-0.15, -0.1) is 0 Å². The normalized spacial score (nSPS) is 21.5. The van der Waals surface area contributed by atoms with Crippen molar-refractivity contribution in [2.45, 2.75) is 13.2 Å². The van der Waals surface area contributed by atoms with E-state index in [-0.39, 0.29) is 0 Å². The van der Waals surface area contributed by atoms with E-state index in [1.54, 1.807) is 0 Å². The SMILES string of the molecule is Cc1cccc2c1OCCOC2O. The standard InChI is InChI=1S/C10H12O3/c1-7-3-2-4-8-9(7)12-5-6-13-10(8)11/h2-4,10-11H,5-6H2,1H3. The van der Waals surface area contributed by atoms with Crippen LogP contribution in [0.2, 0.25) is 0 Å². The first kappa shape index (κ1) is 8.53. The molecule has 3 heteroatoms. The zero-order chi connectivity index (χ0) is 9.26. The Labute approximate surface area is 76.9 Å². The van der Waals surface area contributed by atoms with E-state index in [4.69, 9.17) is 9.47 Å². The lowest BCUT2D eigenvalue weighted by Gasteiger charge is -2.11. The van der Waals surface area contributed by atoms with E-state index in [0.29, 0.717) is 13.2 Å². The quantitative estimate of drug-likeness (QED) is 0.655. The van der Waals surface area contributed by atoms with Crippen molar-refractivity contribution in [3.63, 3.8) is 0 Å². The summed E-state index contributed by atoms with van der Waals surface area (Å²) in [5.41, 5.74) is 1.75. The van der Waals surface area contributed by atoms with Crippen LogP contribution in [0.1, 0.15) is 17.4 Å². The summed E-state index contributed by atoms with van der Waals surface area (Å²) in [5, 5.41) is 9.56. The first-order chi connectivity index (χ1) is 6.29. The molecule has 70 valence electrons. The minimum atomic E-state index is -0.850. The fourth-order valence-corrected chi connectivity index (χ4v) is 1.46. The van der Waals surface area contributed by atoms with Crippen molar-refractivity contribution in [1.82, 2.24) is 0 Å². The van der Waals surface area contributed by atoms with Crippen LogP contribution < -0.4 is 4.74 Å². The summed E-state index contributed by atoms with van der Waals surface area (Å²) in [6.45, 7) is 2.88. The summed E-state index contributed by atoms with van der Waals surface area (Å²) in [5.74, 6) is 0.757. The fraction of sp³-hybridized carbons (Fsp3) is 0.400. The smallest absolute Gasteiger partial charge is 0.184 e. The van der Waals surface area contributed by atoms with Crippen molar-refractivity contribution in [3.8, 4) is 5.75 Å². The molecule has 1 aliphatic rings. The van der Waals surface area contributed by atoms with Crippen LogP contribution in [0.15, 0.2) is 18.2 Å². The highest BCUT2D eigenvalue weighted by Gasteiger charge is 2.18. The lowest BCUT2D eigenvalue weighted by Crippen LogP contribution is -2.04. The van der Waals surface area contributed by atoms with Gasteiger partial charge in [-0.25, -0.2) is 0 Å². The van der Waals surface area contributed by atoms with E-state index in [9.17, 15) is 5.11 Å². The van der Waals surface area contributed by atoms with E-state index in [2.05, 4.69) is 0 Å². The van der Waals surface area contributed by atoms with Gasteiger partial charge in [0, 0.05) is 5.56 Å². The van der Waals surface area contributed by atoms with E-state index in [0.717, 1.165) is 16.9 Å². The van der Waals surface area contributed by atoms with Gasteiger partial charge in [-0.2, -0.15) is 0 Å². The summed E-state index contributed by atoms with van der Waals surface area (Å²) in [6, 6.07) is 5.66. The average molecular weight is 180 g/mol. The molecule has 0 aromatic heterocycles. The number of aliphatic hydroxyl groups excluding tert-OH is 1. The Morgan fingerprint density at radius 3 is 3.08 bits per heavy atom. The molecular weight excluding hydrogens is 168 g/mol. The third-order valence-electron chi connectivity index (χ3n) is 2.11. The largest absolute Gasteiger partial charge is 0.490 e. The Hall–Kier alpha value is -1.06. The highest BCUT2D eigenvalue weighted by Crippen LogP contribution is 2.31. The van der Waals surface area contributed by atoms with Crippen molar-refractivity contribution >= 4 is 0 Å². The predicted octanol–water partition coefficient (Wildman–Crippen LogP) is 1.39. The van der Waals surface area contributed by atoms with Crippen molar-refractivity contribution in [1.29, 1.82) is 0 Å². The van der Waals surface area contributed by atoms with E-state index >= 15 is 0 Å². The van der Waals surface area contributed by atoms with Gasteiger partial charge < -0.3 is 14.6 Å². The number of para-hydroxylation sites is 1. The number of fused-ring (bicyclic) bond motifs is 1. The maximum Gasteiger partial charge on any atom is 0.184 e. The molecule has 1 N–H and O–H groups in total. The monoisotopic (exact) mass is 180 g/mol. The number of ether oxygens (including phenoxy) is 2. The second-order valence-electron chi connectivity index (χ2n) is 3.06. The molecule has 0 radical (unpaired) electrons. The number of aryl methyl sites for hydroxylation is 1. The number of benzene rings is 1. The van der Waals surface area contributed by atoms with Crippen molar-refractivity contribution in [3.05, 3.63) is 29.3 Å². The minimum absolute atomic E-state index is 0.426. The van der Waals surface area contributed by atoms with Gasteiger partial charge >= 0.3 is 0 Å². The molecule has 1 unspecified atom stereocenters. The van der Waals surface area contributed by atoms with Crippen LogP contribution >= 0.6 is 0 Å². The van der Waals surface area contributed by atoms with Gasteiger partial charge in [-0.05, 0) is 12.5 Å². The van der Waals surface area contributed by atoms with Gasteiger partial charge in [-0.1, -0.05) is 18.2 Å². The lowest BCUT2D eigenvalue weighted by molar-refractivity contribution is -0.100. The molecule has 2 rings (SSSR count). The van der Waals surface area contributed by atoms with Gasteiger partial charge in [-0.3, -0.25) is 0 Å². The maximum atomic E-state index is 9.56. The van der Waals surface area contributed by atoms with Crippen LogP contribution in [0.5, 0.6) is 5.75 Å². The molecule has 1 heterocycles. The summed E-state index contributed by atoms with van der Waals surface area (Å²) in [4.78, 5) is 0. The van der Waals surface area contributed by atoms with Gasteiger partial charge in [0.1, 0.15) is 12.4 Å². The predicted molar refractivity (Wildman–Crippen MR) is 47.6 cm³/mol. The van der Waals surface area contributed by atoms with Gasteiger partial charge in [0.25, 0.3) is 0 Å². The molecule has 0 bridgehead atoms. The molecule has 0 saturated heterocycles. The molecule has 0 aliphatic carbocycles. The number of hydrogen-bond acceptors (Lipinski definition) is 3.